The second-order valence-electron chi connectivity index (χ2n) is 5.44. The first-order chi connectivity index (χ1) is 10.0. The molecule has 1 N–H and O–H groups in total. The summed E-state index contributed by atoms with van der Waals surface area (Å²) in [7, 11) is 1.73. The Bertz CT molecular complexity index is 568. The van der Waals surface area contributed by atoms with E-state index >= 15 is 0 Å². The molecule has 1 aromatic heterocycles. The molecule has 1 saturated heterocycles. The molecule has 1 aliphatic heterocycles. The van der Waals surface area contributed by atoms with Gasteiger partial charge in [-0.3, -0.25) is 4.79 Å². The highest BCUT2D eigenvalue weighted by atomic mass is 16.5. The Hall–Kier alpha value is -1.98. The highest BCUT2D eigenvalue weighted by Gasteiger charge is 2.27. The molecule has 2 amide bonds. The minimum absolute atomic E-state index is 0.0388. The summed E-state index contributed by atoms with van der Waals surface area (Å²) in [4.78, 5) is 25.4. The first kappa shape index (κ1) is 15.4. The number of rotatable bonds is 4. The number of amides is 2. The number of nitrogens with one attached hydrogen (secondary N) is 1. The molecule has 0 aromatic carbocycles. The van der Waals surface area contributed by atoms with Crippen molar-refractivity contribution in [2.75, 3.05) is 19.6 Å². The molecule has 2 rings (SSSR count). The van der Waals surface area contributed by atoms with Gasteiger partial charge in [0.15, 0.2) is 0 Å². The van der Waals surface area contributed by atoms with Gasteiger partial charge in [0, 0.05) is 38.3 Å². The molecule has 1 aliphatic rings. The number of urea groups is 1. The molecule has 0 saturated carbocycles. The number of aryl methyl sites for hydroxylation is 1. The van der Waals surface area contributed by atoms with Crippen LogP contribution in [0.1, 0.15) is 25.5 Å². The molecule has 0 aliphatic carbocycles. The van der Waals surface area contributed by atoms with E-state index in [1.807, 2.05) is 19.9 Å². The first-order valence-corrected chi connectivity index (χ1v) is 7.38. The SMILES string of the molecule is CCCNC(=O)N1CCC(Oc2cc(C)n(C)c(=O)c2)C1. The van der Waals surface area contributed by atoms with Crippen molar-refractivity contribution in [2.45, 2.75) is 32.8 Å². The van der Waals surface area contributed by atoms with E-state index in [0.29, 0.717) is 25.4 Å². The molecule has 0 spiro atoms. The van der Waals surface area contributed by atoms with Crippen molar-refractivity contribution in [2.24, 2.45) is 7.05 Å². The van der Waals surface area contributed by atoms with Gasteiger partial charge in [-0.05, 0) is 19.4 Å². The number of pyridine rings is 1. The van der Waals surface area contributed by atoms with Crippen molar-refractivity contribution in [3.8, 4) is 5.75 Å². The zero-order valence-electron chi connectivity index (χ0n) is 12.9. The number of carbonyl (C=O) groups is 1. The number of nitrogens with zero attached hydrogens (tertiary/aromatic N) is 2. The van der Waals surface area contributed by atoms with E-state index in [-0.39, 0.29) is 17.7 Å². The highest BCUT2D eigenvalue weighted by molar-refractivity contribution is 5.74. The summed E-state index contributed by atoms with van der Waals surface area (Å²) < 4.78 is 7.42. The van der Waals surface area contributed by atoms with E-state index in [2.05, 4.69) is 5.32 Å². The van der Waals surface area contributed by atoms with E-state index in [0.717, 1.165) is 18.5 Å². The van der Waals surface area contributed by atoms with E-state index in [4.69, 9.17) is 4.74 Å². The van der Waals surface area contributed by atoms with E-state index in [1.165, 1.54) is 6.07 Å². The largest absolute Gasteiger partial charge is 0.488 e. The van der Waals surface area contributed by atoms with Gasteiger partial charge in [-0.2, -0.15) is 0 Å². The predicted molar refractivity (Wildman–Crippen MR) is 80.7 cm³/mol. The third kappa shape index (κ3) is 3.77. The maximum absolute atomic E-state index is 11.9. The fourth-order valence-corrected chi connectivity index (χ4v) is 2.35. The van der Waals surface area contributed by atoms with Crippen LogP contribution in [0.2, 0.25) is 0 Å². The van der Waals surface area contributed by atoms with E-state index < -0.39 is 0 Å². The molecule has 116 valence electrons. The summed E-state index contributed by atoms with van der Waals surface area (Å²) in [6, 6.07) is 3.30. The molecule has 2 heterocycles. The maximum Gasteiger partial charge on any atom is 0.317 e. The van der Waals surface area contributed by atoms with Gasteiger partial charge < -0.3 is 19.5 Å². The van der Waals surface area contributed by atoms with Crippen LogP contribution in [0, 0.1) is 6.92 Å². The molecule has 1 fully saturated rings. The quantitative estimate of drug-likeness (QED) is 0.909. The average molecular weight is 293 g/mol. The number of aromatic nitrogens is 1. The van der Waals surface area contributed by atoms with E-state index in [1.54, 1.807) is 16.5 Å². The number of hydrogen-bond donors (Lipinski definition) is 1. The normalized spacial score (nSPS) is 17.9. The zero-order valence-corrected chi connectivity index (χ0v) is 12.9. The van der Waals surface area contributed by atoms with Crippen molar-refractivity contribution in [1.82, 2.24) is 14.8 Å². The summed E-state index contributed by atoms with van der Waals surface area (Å²) in [6.07, 6.45) is 1.66. The Balaban J connectivity index is 1.94. The number of likely N-dealkylation sites (tertiary alicyclic amines) is 1. The molecule has 6 nitrogen and oxygen atoms in total. The molecular formula is C15H23N3O3. The molecule has 1 unspecified atom stereocenters. The highest BCUT2D eigenvalue weighted by Crippen LogP contribution is 2.18. The van der Waals surface area contributed by atoms with E-state index in [9.17, 15) is 9.59 Å². The standard InChI is InChI=1S/C15H23N3O3/c1-4-6-16-15(20)18-7-5-12(10-18)21-13-8-11(2)17(3)14(19)9-13/h8-9,12H,4-7,10H2,1-3H3,(H,16,20). The molecule has 1 atom stereocenters. The maximum atomic E-state index is 11.9. The first-order valence-electron chi connectivity index (χ1n) is 7.38. The van der Waals surface area contributed by atoms with Crippen LogP contribution in [0.4, 0.5) is 4.79 Å². The van der Waals surface area contributed by atoms with Crippen LogP contribution in [0.3, 0.4) is 0 Å². The van der Waals surface area contributed by atoms with Gasteiger partial charge in [-0.25, -0.2) is 4.79 Å². The lowest BCUT2D eigenvalue weighted by Gasteiger charge is -2.18. The molecule has 21 heavy (non-hydrogen) atoms. The summed E-state index contributed by atoms with van der Waals surface area (Å²) >= 11 is 0. The lowest BCUT2D eigenvalue weighted by Crippen LogP contribution is -2.39. The third-order valence-electron chi connectivity index (χ3n) is 3.74. The Labute approximate surface area is 124 Å². The van der Waals surface area contributed by atoms with Gasteiger partial charge >= 0.3 is 6.03 Å². The average Bonchev–Trinajstić information content (AvgIpc) is 2.90. The summed E-state index contributed by atoms with van der Waals surface area (Å²) in [5, 5.41) is 2.86. The van der Waals surface area contributed by atoms with Crippen molar-refractivity contribution < 1.29 is 9.53 Å². The number of hydrogen-bond acceptors (Lipinski definition) is 3. The minimum atomic E-state index is -0.0828. The van der Waals surface area contributed by atoms with Gasteiger partial charge in [0.1, 0.15) is 11.9 Å². The van der Waals surface area contributed by atoms with Gasteiger partial charge in [0.2, 0.25) is 0 Å². The topological polar surface area (TPSA) is 63.6 Å². The summed E-state index contributed by atoms with van der Waals surface area (Å²) in [6.45, 7) is 5.82. The van der Waals surface area contributed by atoms with Crippen LogP contribution in [-0.4, -0.2) is 41.2 Å². The third-order valence-corrected chi connectivity index (χ3v) is 3.74. The molecule has 6 heteroatoms. The van der Waals surface area contributed by atoms with Gasteiger partial charge in [0.25, 0.3) is 5.56 Å². The molecule has 1 aromatic rings. The Morgan fingerprint density at radius 2 is 2.24 bits per heavy atom. The smallest absolute Gasteiger partial charge is 0.317 e. The van der Waals surface area contributed by atoms with Gasteiger partial charge in [0.05, 0.1) is 6.54 Å². The second-order valence-corrected chi connectivity index (χ2v) is 5.44. The summed E-state index contributed by atoms with van der Waals surface area (Å²) in [5.74, 6) is 0.580. The predicted octanol–water partition coefficient (Wildman–Crippen LogP) is 1.27. The van der Waals surface area contributed by atoms with Crippen molar-refractivity contribution in [1.29, 1.82) is 0 Å². The van der Waals surface area contributed by atoms with Crippen molar-refractivity contribution in [3.63, 3.8) is 0 Å². The van der Waals surface area contributed by atoms with Crippen LogP contribution in [0.15, 0.2) is 16.9 Å². The fourth-order valence-electron chi connectivity index (χ4n) is 2.35. The number of carbonyl (C=O) groups excluding carboxylic acids is 1. The van der Waals surface area contributed by atoms with Gasteiger partial charge in [-0.1, -0.05) is 6.92 Å². The summed E-state index contributed by atoms with van der Waals surface area (Å²) in [5.41, 5.74) is 0.772. The Kier molecular flexibility index (Phi) is 4.88. The Morgan fingerprint density at radius 1 is 1.48 bits per heavy atom. The van der Waals surface area contributed by atoms with Crippen LogP contribution in [0.25, 0.3) is 0 Å². The molecule has 0 radical (unpaired) electrons. The Morgan fingerprint density at radius 3 is 2.90 bits per heavy atom. The lowest BCUT2D eigenvalue weighted by molar-refractivity contribution is 0.186. The van der Waals surface area contributed by atoms with Crippen LogP contribution >= 0.6 is 0 Å². The molecule has 0 bridgehead atoms. The van der Waals surface area contributed by atoms with Crippen LogP contribution in [-0.2, 0) is 7.05 Å². The lowest BCUT2D eigenvalue weighted by atomic mass is 10.3. The zero-order chi connectivity index (χ0) is 15.4. The van der Waals surface area contributed by atoms with Gasteiger partial charge in [-0.15, -0.1) is 0 Å². The van der Waals surface area contributed by atoms with Crippen LogP contribution < -0.4 is 15.6 Å². The second kappa shape index (κ2) is 6.65. The van der Waals surface area contributed by atoms with Crippen LogP contribution in [0.5, 0.6) is 5.75 Å². The van der Waals surface area contributed by atoms with Crippen molar-refractivity contribution in [3.05, 3.63) is 28.2 Å². The molecular weight excluding hydrogens is 270 g/mol. The monoisotopic (exact) mass is 293 g/mol. The minimum Gasteiger partial charge on any atom is -0.488 e. The number of ether oxygens (including phenoxy) is 1. The van der Waals surface area contributed by atoms with Crippen molar-refractivity contribution >= 4 is 6.03 Å². The fraction of sp³-hybridized carbons (Fsp3) is 0.600.